The highest BCUT2D eigenvalue weighted by Crippen LogP contribution is 2.31. The Morgan fingerprint density at radius 1 is 1.56 bits per heavy atom. The molecule has 3 nitrogen and oxygen atoms in total. The first-order chi connectivity index (χ1) is 8.67. The summed E-state index contributed by atoms with van der Waals surface area (Å²) in [6.07, 6.45) is 1.65. The molecule has 18 heavy (non-hydrogen) atoms. The Morgan fingerprint density at radius 3 is 2.94 bits per heavy atom. The smallest absolute Gasteiger partial charge is 0.170 e. The van der Waals surface area contributed by atoms with Crippen molar-refractivity contribution < 1.29 is 14.3 Å². The van der Waals surface area contributed by atoms with Crippen LogP contribution < -0.4 is 4.74 Å². The first-order valence-corrected chi connectivity index (χ1v) is 6.54. The van der Waals surface area contributed by atoms with Crippen molar-refractivity contribution in [3.05, 3.63) is 28.8 Å². The van der Waals surface area contributed by atoms with Gasteiger partial charge in [-0.25, -0.2) is 0 Å². The van der Waals surface area contributed by atoms with E-state index in [1.54, 1.807) is 25.3 Å². The molecule has 1 fully saturated rings. The monoisotopic (exact) mass is 268 g/mol. The van der Waals surface area contributed by atoms with Crippen LogP contribution in [0.4, 0.5) is 0 Å². The molecular weight excluding hydrogens is 252 g/mol. The third-order valence-corrected chi connectivity index (χ3v) is 3.70. The van der Waals surface area contributed by atoms with Crippen molar-refractivity contribution in [3.8, 4) is 5.75 Å². The lowest BCUT2D eigenvalue weighted by Gasteiger charge is -2.16. The maximum absolute atomic E-state index is 12.4. The Bertz CT molecular complexity index is 445. The summed E-state index contributed by atoms with van der Waals surface area (Å²) < 4.78 is 10.6. The zero-order valence-corrected chi connectivity index (χ0v) is 11.4. The van der Waals surface area contributed by atoms with Crippen LogP contribution in [0, 0.1) is 5.92 Å². The summed E-state index contributed by atoms with van der Waals surface area (Å²) in [6, 6.07) is 5.16. The van der Waals surface area contributed by atoms with Crippen molar-refractivity contribution >= 4 is 17.4 Å². The van der Waals surface area contributed by atoms with Crippen molar-refractivity contribution in [1.29, 1.82) is 0 Å². The van der Waals surface area contributed by atoms with Gasteiger partial charge in [0.2, 0.25) is 0 Å². The molecule has 1 aromatic rings. The second-order valence-electron chi connectivity index (χ2n) is 4.42. The van der Waals surface area contributed by atoms with E-state index in [0.717, 1.165) is 12.8 Å². The molecule has 1 heterocycles. The number of ether oxygens (including phenoxy) is 2. The number of ketones is 1. The van der Waals surface area contributed by atoms with Gasteiger partial charge in [0.15, 0.2) is 5.78 Å². The molecule has 0 bridgehead atoms. The number of carbonyl (C=O) groups excluding carboxylic acids is 1. The van der Waals surface area contributed by atoms with Crippen LogP contribution in [0.25, 0.3) is 0 Å². The molecule has 0 amide bonds. The first-order valence-electron chi connectivity index (χ1n) is 6.16. The zero-order chi connectivity index (χ0) is 13.1. The van der Waals surface area contributed by atoms with E-state index in [1.165, 1.54) is 0 Å². The molecule has 2 atom stereocenters. The van der Waals surface area contributed by atoms with Crippen molar-refractivity contribution in [1.82, 2.24) is 0 Å². The van der Waals surface area contributed by atoms with Gasteiger partial charge in [-0.1, -0.05) is 18.5 Å². The fraction of sp³-hybridized carbons (Fsp3) is 0.500. The normalized spacial score (nSPS) is 23.1. The van der Waals surface area contributed by atoms with E-state index in [2.05, 4.69) is 0 Å². The highest BCUT2D eigenvalue weighted by molar-refractivity contribution is 6.34. The number of Topliss-reactive ketones (excluding diaryl/α,β-unsaturated/α-hetero) is 1. The predicted molar refractivity (Wildman–Crippen MR) is 70.5 cm³/mol. The van der Waals surface area contributed by atoms with Crippen LogP contribution in [0.1, 0.15) is 30.1 Å². The van der Waals surface area contributed by atoms with Crippen LogP contribution in [-0.4, -0.2) is 25.6 Å². The molecular formula is C14H17ClO3. The van der Waals surface area contributed by atoms with Gasteiger partial charge in [-0.3, -0.25) is 4.79 Å². The Labute approximate surface area is 112 Å². The van der Waals surface area contributed by atoms with Crippen LogP contribution in [0.2, 0.25) is 5.02 Å². The van der Waals surface area contributed by atoms with Gasteiger partial charge in [-0.05, 0) is 31.0 Å². The summed E-state index contributed by atoms with van der Waals surface area (Å²) in [5, 5.41) is 0.445. The third-order valence-electron chi connectivity index (χ3n) is 3.39. The molecule has 1 saturated heterocycles. The van der Waals surface area contributed by atoms with Gasteiger partial charge >= 0.3 is 0 Å². The molecule has 0 saturated carbocycles. The number of carbonyl (C=O) groups is 1. The predicted octanol–water partition coefficient (Wildman–Crippen LogP) is 3.35. The molecule has 2 rings (SSSR count). The Kier molecular flexibility index (Phi) is 4.25. The highest BCUT2D eigenvalue weighted by atomic mass is 35.5. The molecule has 1 aliphatic rings. The van der Waals surface area contributed by atoms with Crippen LogP contribution in [-0.2, 0) is 4.74 Å². The number of benzene rings is 1. The number of rotatable bonds is 4. The average Bonchev–Trinajstić information content (AvgIpc) is 2.86. The van der Waals surface area contributed by atoms with E-state index in [-0.39, 0.29) is 17.8 Å². The quantitative estimate of drug-likeness (QED) is 0.786. The maximum Gasteiger partial charge on any atom is 0.170 e. The van der Waals surface area contributed by atoms with Crippen molar-refractivity contribution in [2.24, 2.45) is 5.92 Å². The average molecular weight is 269 g/mol. The van der Waals surface area contributed by atoms with Crippen LogP contribution in [0.3, 0.4) is 0 Å². The number of hydrogen-bond donors (Lipinski definition) is 0. The molecule has 2 unspecified atom stereocenters. The van der Waals surface area contributed by atoms with E-state index in [9.17, 15) is 4.79 Å². The van der Waals surface area contributed by atoms with Gasteiger partial charge < -0.3 is 9.47 Å². The van der Waals surface area contributed by atoms with E-state index in [1.807, 2.05) is 6.92 Å². The fourth-order valence-corrected chi connectivity index (χ4v) is 2.64. The number of hydrogen-bond acceptors (Lipinski definition) is 3. The lowest BCUT2D eigenvalue weighted by Crippen LogP contribution is -2.24. The third kappa shape index (κ3) is 2.52. The van der Waals surface area contributed by atoms with Gasteiger partial charge in [0.1, 0.15) is 5.75 Å². The number of halogens is 1. The SMILES string of the molecule is CCC1OCCC1C(=O)c1ccc(OC)cc1Cl. The van der Waals surface area contributed by atoms with Gasteiger partial charge in [0.25, 0.3) is 0 Å². The standard InChI is InChI=1S/C14H17ClO3/c1-3-13-11(6-7-18-13)14(16)10-5-4-9(17-2)8-12(10)15/h4-5,8,11,13H,3,6-7H2,1-2H3. The second kappa shape index (κ2) is 5.72. The van der Waals surface area contributed by atoms with Crippen LogP contribution in [0.15, 0.2) is 18.2 Å². The summed E-state index contributed by atoms with van der Waals surface area (Å²) in [6.45, 7) is 2.69. The van der Waals surface area contributed by atoms with E-state index in [0.29, 0.717) is 22.9 Å². The summed E-state index contributed by atoms with van der Waals surface area (Å²) in [5.74, 6) is 0.666. The largest absolute Gasteiger partial charge is 0.497 e. The molecule has 1 aliphatic heterocycles. The topological polar surface area (TPSA) is 35.5 Å². The Hall–Kier alpha value is -1.06. The van der Waals surface area contributed by atoms with Gasteiger partial charge in [0, 0.05) is 12.2 Å². The molecule has 0 aromatic heterocycles. The minimum Gasteiger partial charge on any atom is -0.497 e. The highest BCUT2D eigenvalue weighted by Gasteiger charge is 2.34. The van der Waals surface area contributed by atoms with E-state index >= 15 is 0 Å². The van der Waals surface area contributed by atoms with Crippen LogP contribution >= 0.6 is 11.6 Å². The zero-order valence-electron chi connectivity index (χ0n) is 10.6. The van der Waals surface area contributed by atoms with Crippen molar-refractivity contribution in [2.45, 2.75) is 25.9 Å². The first kappa shape index (κ1) is 13.4. The minimum absolute atomic E-state index is 0.0238. The molecule has 98 valence electrons. The molecule has 0 N–H and O–H groups in total. The molecule has 4 heteroatoms. The van der Waals surface area contributed by atoms with Crippen molar-refractivity contribution in [3.63, 3.8) is 0 Å². The van der Waals surface area contributed by atoms with E-state index < -0.39 is 0 Å². The summed E-state index contributed by atoms with van der Waals surface area (Å²) in [7, 11) is 1.57. The van der Waals surface area contributed by atoms with Crippen molar-refractivity contribution in [2.75, 3.05) is 13.7 Å². The summed E-state index contributed by atoms with van der Waals surface area (Å²) in [4.78, 5) is 12.4. The maximum atomic E-state index is 12.4. The lowest BCUT2D eigenvalue weighted by molar-refractivity contribution is 0.0689. The van der Waals surface area contributed by atoms with Gasteiger partial charge in [-0.15, -0.1) is 0 Å². The number of methoxy groups -OCH3 is 1. The van der Waals surface area contributed by atoms with Gasteiger partial charge in [-0.2, -0.15) is 0 Å². The van der Waals surface area contributed by atoms with Crippen LogP contribution in [0.5, 0.6) is 5.75 Å². The molecule has 0 aliphatic carbocycles. The Morgan fingerprint density at radius 2 is 2.33 bits per heavy atom. The fourth-order valence-electron chi connectivity index (χ4n) is 2.37. The lowest BCUT2D eigenvalue weighted by atomic mass is 9.90. The second-order valence-corrected chi connectivity index (χ2v) is 4.83. The Balaban J connectivity index is 2.23. The summed E-state index contributed by atoms with van der Waals surface area (Å²) in [5.41, 5.74) is 0.561. The molecule has 1 aromatic carbocycles. The molecule has 0 spiro atoms. The molecule has 0 radical (unpaired) electrons. The summed E-state index contributed by atoms with van der Waals surface area (Å²) >= 11 is 6.13. The van der Waals surface area contributed by atoms with E-state index in [4.69, 9.17) is 21.1 Å². The minimum atomic E-state index is -0.0686. The van der Waals surface area contributed by atoms with Gasteiger partial charge in [0.05, 0.1) is 24.2 Å².